The van der Waals surface area contributed by atoms with Crippen molar-refractivity contribution in [1.82, 2.24) is 5.32 Å². The molecule has 2 atom stereocenters. The molecule has 128 valence electrons. The van der Waals surface area contributed by atoms with Gasteiger partial charge in [0.15, 0.2) is 0 Å². The molecule has 3 rings (SSSR count). The van der Waals surface area contributed by atoms with Gasteiger partial charge in [-0.05, 0) is 55.0 Å². The monoisotopic (exact) mass is 329 g/mol. The Hall–Kier alpha value is -1.91. The first-order valence-electron chi connectivity index (χ1n) is 8.57. The molecule has 2 aromatic rings. The molecule has 0 spiro atoms. The third-order valence-electron chi connectivity index (χ3n) is 4.47. The SMILES string of the molecule is OC1CNC(CCOc2ccc(F)cc2CCc2ccccc2)C1. The standard InChI is InChI=1S/C20H24FNO2/c21-17-8-9-20(24-11-10-18-13-19(23)14-22-18)16(12-17)7-6-15-4-2-1-3-5-15/h1-5,8-9,12,18-19,22-23H,6-7,10-11,13-14H2. The summed E-state index contributed by atoms with van der Waals surface area (Å²) < 4.78 is 19.5. The second-order valence-corrected chi connectivity index (χ2v) is 6.37. The predicted octanol–water partition coefficient (Wildman–Crippen LogP) is 3.10. The van der Waals surface area contributed by atoms with Gasteiger partial charge >= 0.3 is 0 Å². The van der Waals surface area contributed by atoms with E-state index in [-0.39, 0.29) is 11.9 Å². The van der Waals surface area contributed by atoms with Crippen LogP contribution >= 0.6 is 0 Å². The summed E-state index contributed by atoms with van der Waals surface area (Å²) in [7, 11) is 0. The van der Waals surface area contributed by atoms with E-state index in [1.54, 1.807) is 12.1 Å². The van der Waals surface area contributed by atoms with E-state index in [0.717, 1.165) is 37.0 Å². The molecule has 24 heavy (non-hydrogen) atoms. The van der Waals surface area contributed by atoms with Crippen LogP contribution in [0, 0.1) is 5.82 Å². The van der Waals surface area contributed by atoms with Gasteiger partial charge in [-0.15, -0.1) is 0 Å². The summed E-state index contributed by atoms with van der Waals surface area (Å²) in [5, 5.41) is 12.8. The van der Waals surface area contributed by atoms with Crippen LogP contribution in [0.2, 0.25) is 0 Å². The van der Waals surface area contributed by atoms with Crippen molar-refractivity contribution in [3.05, 3.63) is 65.5 Å². The third kappa shape index (κ3) is 4.79. The van der Waals surface area contributed by atoms with Gasteiger partial charge in [0.25, 0.3) is 0 Å². The third-order valence-corrected chi connectivity index (χ3v) is 4.47. The summed E-state index contributed by atoms with van der Waals surface area (Å²) >= 11 is 0. The van der Waals surface area contributed by atoms with Crippen LogP contribution in [0.1, 0.15) is 24.0 Å². The molecule has 0 radical (unpaired) electrons. The number of halogens is 1. The molecule has 0 saturated carbocycles. The Labute approximate surface area is 142 Å². The van der Waals surface area contributed by atoms with Crippen molar-refractivity contribution in [2.24, 2.45) is 0 Å². The van der Waals surface area contributed by atoms with Crippen molar-refractivity contribution in [3.8, 4) is 5.75 Å². The summed E-state index contributed by atoms with van der Waals surface area (Å²) in [6.07, 6.45) is 2.97. The molecule has 2 unspecified atom stereocenters. The molecular weight excluding hydrogens is 305 g/mol. The normalized spacial score (nSPS) is 20.2. The molecule has 1 fully saturated rings. The first kappa shape index (κ1) is 16.9. The summed E-state index contributed by atoms with van der Waals surface area (Å²) in [6, 6.07) is 15.2. The van der Waals surface area contributed by atoms with Gasteiger partial charge < -0.3 is 15.2 Å². The van der Waals surface area contributed by atoms with E-state index in [1.807, 2.05) is 18.2 Å². The smallest absolute Gasteiger partial charge is 0.123 e. The maximum absolute atomic E-state index is 13.6. The molecule has 3 nitrogen and oxygen atoms in total. The van der Waals surface area contributed by atoms with Crippen LogP contribution < -0.4 is 10.1 Å². The Morgan fingerprint density at radius 2 is 1.96 bits per heavy atom. The fourth-order valence-corrected chi connectivity index (χ4v) is 3.14. The number of rotatable bonds is 7. The quantitative estimate of drug-likeness (QED) is 0.820. The van der Waals surface area contributed by atoms with Gasteiger partial charge in [-0.2, -0.15) is 0 Å². The minimum Gasteiger partial charge on any atom is -0.493 e. The largest absolute Gasteiger partial charge is 0.493 e. The zero-order valence-electron chi connectivity index (χ0n) is 13.7. The lowest BCUT2D eigenvalue weighted by Crippen LogP contribution is -2.23. The Kier molecular flexibility index (Phi) is 5.83. The molecule has 4 heteroatoms. The zero-order valence-corrected chi connectivity index (χ0v) is 13.7. The van der Waals surface area contributed by atoms with Crippen LogP contribution in [0.5, 0.6) is 5.75 Å². The molecule has 0 amide bonds. The van der Waals surface area contributed by atoms with E-state index >= 15 is 0 Å². The topological polar surface area (TPSA) is 41.5 Å². The molecule has 0 aromatic heterocycles. The maximum Gasteiger partial charge on any atom is 0.123 e. The second kappa shape index (κ2) is 8.27. The van der Waals surface area contributed by atoms with Gasteiger partial charge in [0.2, 0.25) is 0 Å². The molecule has 0 bridgehead atoms. The van der Waals surface area contributed by atoms with Crippen molar-refractivity contribution in [3.63, 3.8) is 0 Å². The van der Waals surface area contributed by atoms with Crippen LogP contribution in [-0.2, 0) is 12.8 Å². The van der Waals surface area contributed by atoms with E-state index in [2.05, 4.69) is 17.4 Å². The first-order valence-corrected chi connectivity index (χ1v) is 8.57. The van der Waals surface area contributed by atoms with E-state index in [0.29, 0.717) is 19.2 Å². The van der Waals surface area contributed by atoms with Gasteiger partial charge in [0.05, 0.1) is 12.7 Å². The van der Waals surface area contributed by atoms with Gasteiger partial charge in [0.1, 0.15) is 11.6 Å². The fourth-order valence-electron chi connectivity index (χ4n) is 3.14. The number of hydrogen-bond acceptors (Lipinski definition) is 3. The van der Waals surface area contributed by atoms with Crippen LogP contribution in [0.15, 0.2) is 48.5 Å². The second-order valence-electron chi connectivity index (χ2n) is 6.37. The lowest BCUT2D eigenvalue weighted by molar-refractivity contribution is 0.191. The van der Waals surface area contributed by atoms with Crippen LogP contribution in [0.3, 0.4) is 0 Å². The number of nitrogens with one attached hydrogen (secondary N) is 1. The highest BCUT2D eigenvalue weighted by molar-refractivity contribution is 5.35. The highest BCUT2D eigenvalue weighted by atomic mass is 19.1. The average molecular weight is 329 g/mol. The molecule has 1 heterocycles. The first-order chi connectivity index (χ1) is 11.7. The number of aliphatic hydroxyl groups is 1. The van der Waals surface area contributed by atoms with Crippen molar-refractivity contribution in [2.45, 2.75) is 37.8 Å². The number of ether oxygens (including phenoxy) is 1. The van der Waals surface area contributed by atoms with Crippen LogP contribution in [-0.4, -0.2) is 30.4 Å². The summed E-state index contributed by atoms with van der Waals surface area (Å²) in [5.74, 6) is 0.525. The molecule has 2 N–H and O–H groups in total. The van der Waals surface area contributed by atoms with Gasteiger partial charge in [0, 0.05) is 12.6 Å². The minimum absolute atomic E-state index is 0.231. The predicted molar refractivity (Wildman–Crippen MR) is 92.8 cm³/mol. The van der Waals surface area contributed by atoms with Crippen molar-refractivity contribution in [1.29, 1.82) is 0 Å². The van der Waals surface area contributed by atoms with Crippen molar-refractivity contribution >= 4 is 0 Å². The summed E-state index contributed by atoms with van der Waals surface area (Å²) in [6.45, 7) is 1.22. The Balaban J connectivity index is 1.56. The number of hydrogen-bond donors (Lipinski definition) is 2. The molecule has 2 aromatic carbocycles. The number of aryl methyl sites for hydroxylation is 2. The highest BCUT2D eigenvalue weighted by Gasteiger charge is 2.21. The van der Waals surface area contributed by atoms with E-state index in [4.69, 9.17) is 4.74 Å². The lowest BCUT2D eigenvalue weighted by Gasteiger charge is -2.14. The summed E-state index contributed by atoms with van der Waals surface area (Å²) in [5.41, 5.74) is 2.13. The van der Waals surface area contributed by atoms with E-state index in [9.17, 15) is 9.50 Å². The average Bonchev–Trinajstić information content (AvgIpc) is 3.01. The molecule has 1 aliphatic rings. The molecule has 0 aliphatic carbocycles. The number of β-amino-alcohol motifs (C(OH)–C–C–N with tert-alkyl or cyclic N) is 1. The maximum atomic E-state index is 13.6. The van der Waals surface area contributed by atoms with E-state index < -0.39 is 0 Å². The van der Waals surface area contributed by atoms with Gasteiger partial charge in [-0.25, -0.2) is 4.39 Å². The number of aliphatic hydroxyl groups excluding tert-OH is 1. The van der Waals surface area contributed by atoms with Crippen molar-refractivity contribution < 1.29 is 14.2 Å². The molecule has 1 aliphatic heterocycles. The zero-order chi connectivity index (χ0) is 16.8. The van der Waals surface area contributed by atoms with Gasteiger partial charge in [-0.1, -0.05) is 30.3 Å². The van der Waals surface area contributed by atoms with E-state index in [1.165, 1.54) is 11.6 Å². The van der Waals surface area contributed by atoms with Crippen molar-refractivity contribution in [2.75, 3.05) is 13.2 Å². The van der Waals surface area contributed by atoms with Gasteiger partial charge in [-0.3, -0.25) is 0 Å². The fraction of sp³-hybridized carbons (Fsp3) is 0.400. The highest BCUT2D eigenvalue weighted by Crippen LogP contribution is 2.22. The number of benzene rings is 2. The summed E-state index contributed by atoms with van der Waals surface area (Å²) in [4.78, 5) is 0. The Morgan fingerprint density at radius 3 is 2.71 bits per heavy atom. The lowest BCUT2D eigenvalue weighted by atomic mass is 10.0. The Bertz CT molecular complexity index is 647. The van der Waals surface area contributed by atoms with Crippen LogP contribution in [0.4, 0.5) is 4.39 Å². The minimum atomic E-state index is -0.248. The molecule has 1 saturated heterocycles. The van der Waals surface area contributed by atoms with Crippen LogP contribution in [0.25, 0.3) is 0 Å². The molecular formula is C20H24FNO2. The Morgan fingerprint density at radius 1 is 1.12 bits per heavy atom.